The van der Waals surface area contributed by atoms with Crippen LogP contribution in [0.15, 0.2) is 30.3 Å². The number of anilines is 1. The minimum atomic E-state index is -0.416. The lowest BCUT2D eigenvalue weighted by Crippen LogP contribution is -2.19. The molecule has 1 N–H and O–H groups in total. The highest BCUT2D eigenvalue weighted by Crippen LogP contribution is 2.36. The maximum atomic E-state index is 12.2. The van der Waals surface area contributed by atoms with Crippen molar-refractivity contribution in [2.75, 3.05) is 5.32 Å². The van der Waals surface area contributed by atoms with Crippen LogP contribution >= 0.6 is 0 Å². The lowest BCUT2D eigenvalue weighted by Gasteiger charge is -2.15. The summed E-state index contributed by atoms with van der Waals surface area (Å²) in [4.78, 5) is 17.0. The van der Waals surface area contributed by atoms with Gasteiger partial charge in [0.15, 0.2) is 0 Å². The van der Waals surface area contributed by atoms with E-state index in [2.05, 4.69) is 5.32 Å². The number of benzene rings is 1. The topological polar surface area (TPSA) is 51.2 Å². The van der Waals surface area contributed by atoms with Crippen LogP contribution in [0.4, 0.5) is 10.5 Å². The quantitative estimate of drug-likeness (QED) is 0.919. The number of hydrogen-bond donors (Lipinski definition) is 1. The number of carbonyl (C=O) groups is 1. The molecule has 2 aliphatic rings. The molecule has 0 bridgehead atoms. The second-order valence-electron chi connectivity index (χ2n) is 5.87. The second-order valence-corrected chi connectivity index (χ2v) is 5.87. The van der Waals surface area contributed by atoms with E-state index in [1.165, 1.54) is 11.1 Å². The molecule has 0 radical (unpaired) electrons. The number of ether oxygens (including phenoxy) is 1. The van der Waals surface area contributed by atoms with E-state index in [-0.39, 0.29) is 0 Å². The number of hydrogen-bond acceptors (Lipinski definition) is 3. The summed E-state index contributed by atoms with van der Waals surface area (Å²) in [5, 5.41) is 2.99. The van der Waals surface area contributed by atoms with Crippen LogP contribution in [0.25, 0.3) is 0 Å². The van der Waals surface area contributed by atoms with Gasteiger partial charge in [-0.25, -0.2) is 4.79 Å². The summed E-state index contributed by atoms with van der Waals surface area (Å²) in [5.74, 6) is 0.558. The van der Waals surface area contributed by atoms with Crippen molar-refractivity contribution in [3.05, 3.63) is 52.8 Å². The fourth-order valence-corrected chi connectivity index (χ4v) is 3.46. The van der Waals surface area contributed by atoms with Crippen LogP contribution in [0.5, 0.6) is 5.75 Å². The first-order valence-electron chi connectivity index (χ1n) is 7.88. The van der Waals surface area contributed by atoms with Crippen molar-refractivity contribution in [1.29, 1.82) is 0 Å². The van der Waals surface area contributed by atoms with Crippen LogP contribution < -0.4 is 10.1 Å². The Labute approximate surface area is 129 Å². The van der Waals surface area contributed by atoms with E-state index < -0.39 is 6.09 Å². The molecule has 112 valence electrons. The normalized spacial score (nSPS) is 15.3. The molecule has 4 heteroatoms. The molecule has 2 aliphatic carbocycles. The van der Waals surface area contributed by atoms with Crippen LogP contribution in [-0.2, 0) is 25.7 Å². The van der Waals surface area contributed by atoms with Gasteiger partial charge < -0.3 is 4.74 Å². The average molecular weight is 294 g/mol. The predicted molar refractivity (Wildman–Crippen MR) is 84.4 cm³/mol. The Bertz CT molecular complexity index is 693. The highest BCUT2D eigenvalue weighted by atomic mass is 16.6. The maximum Gasteiger partial charge on any atom is 0.417 e. The summed E-state index contributed by atoms with van der Waals surface area (Å²) < 4.78 is 5.37. The molecule has 4 rings (SSSR count). The van der Waals surface area contributed by atoms with Gasteiger partial charge in [0.2, 0.25) is 0 Å². The van der Waals surface area contributed by atoms with Gasteiger partial charge >= 0.3 is 6.09 Å². The van der Waals surface area contributed by atoms with Gasteiger partial charge in [-0.05, 0) is 61.8 Å². The Kier molecular flexibility index (Phi) is 3.29. The third-order valence-electron chi connectivity index (χ3n) is 4.43. The van der Waals surface area contributed by atoms with Gasteiger partial charge in [0.1, 0.15) is 5.75 Å². The van der Waals surface area contributed by atoms with Crippen molar-refractivity contribution in [3.8, 4) is 5.75 Å². The van der Waals surface area contributed by atoms with Gasteiger partial charge in [-0.3, -0.25) is 10.3 Å². The van der Waals surface area contributed by atoms with Gasteiger partial charge in [-0.2, -0.15) is 0 Å². The van der Waals surface area contributed by atoms with Crippen molar-refractivity contribution in [2.45, 2.75) is 38.5 Å². The number of para-hydroxylation sites is 1. The summed E-state index contributed by atoms with van der Waals surface area (Å²) in [5.41, 5.74) is 5.72. The van der Waals surface area contributed by atoms with Crippen LogP contribution in [0.1, 0.15) is 35.4 Å². The third kappa shape index (κ3) is 2.34. The third-order valence-corrected chi connectivity index (χ3v) is 4.43. The number of amides is 1. The van der Waals surface area contributed by atoms with E-state index >= 15 is 0 Å². The lowest BCUT2D eigenvalue weighted by atomic mass is 10.1. The Morgan fingerprint density at radius 3 is 2.23 bits per heavy atom. The molecule has 0 aliphatic heterocycles. The first-order chi connectivity index (χ1) is 10.8. The minimum absolute atomic E-state index is 0.416. The SMILES string of the molecule is O=C(Nc1c2c(nc3c1CCC3)CCC2)Oc1ccccc1. The number of aromatic nitrogens is 1. The van der Waals surface area contributed by atoms with Crippen molar-refractivity contribution in [2.24, 2.45) is 0 Å². The first-order valence-corrected chi connectivity index (χ1v) is 7.88. The zero-order chi connectivity index (χ0) is 14.9. The minimum Gasteiger partial charge on any atom is -0.410 e. The van der Waals surface area contributed by atoms with Crippen LogP contribution in [0.2, 0.25) is 0 Å². The van der Waals surface area contributed by atoms with E-state index in [1.807, 2.05) is 18.2 Å². The van der Waals surface area contributed by atoms with E-state index in [0.717, 1.165) is 55.6 Å². The van der Waals surface area contributed by atoms with E-state index in [4.69, 9.17) is 9.72 Å². The van der Waals surface area contributed by atoms with Crippen molar-refractivity contribution < 1.29 is 9.53 Å². The van der Waals surface area contributed by atoms with Gasteiger partial charge in [-0.15, -0.1) is 0 Å². The number of aryl methyl sites for hydroxylation is 2. The standard InChI is InChI=1S/C18H18N2O2/c21-18(22-12-6-2-1-3-7-12)20-17-13-8-4-10-15(13)19-16-11-5-9-14(16)17/h1-3,6-7H,4-5,8-11H2,(H,19,20,21). The van der Waals surface area contributed by atoms with Crippen LogP contribution in [0.3, 0.4) is 0 Å². The summed E-state index contributed by atoms with van der Waals surface area (Å²) >= 11 is 0. The summed E-state index contributed by atoms with van der Waals surface area (Å²) in [6, 6.07) is 9.16. The summed E-state index contributed by atoms with van der Waals surface area (Å²) in [6.07, 6.45) is 5.85. The van der Waals surface area contributed by atoms with E-state index in [9.17, 15) is 4.79 Å². The van der Waals surface area contributed by atoms with Crippen molar-refractivity contribution in [3.63, 3.8) is 0 Å². The molecule has 0 spiro atoms. The Balaban J connectivity index is 1.62. The number of rotatable bonds is 2. The fraction of sp³-hybridized carbons (Fsp3) is 0.333. The highest BCUT2D eigenvalue weighted by molar-refractivity contribution is 5.89. The molecular formula is C18H18N2O2. The molecule has 0 unspecified atom stereocenters. The van der Waals surface area contributed by atoms with Gasteiger partial charge in [0.05, 0.1) is 5.69 Å². The summed E-state index contributed by atoms with van der Waals surface area (Å²) in [6.45, 7) is 0. The number of fused-ring (bicyclic) bond motifs is 2. The summed E-state index contributed by atoms with van der Waals surface area (Å²) in [7, 11) is 0. The van der Waals surface area contributed by atoms with Crippen LogP contribution in [-0.4, -0.2) is 11.1 Å². The number of carbonyl (C=O) groups excluding carboxylic acids is 1. The molecule has 0 saturated carbocycles. The largest absolute Gasteiger partial charge is 0.417 e. The molecule has 4 nitrogen and oxygen atoms in total. The Morgan fingerprint density at radius 1 is 0.955 bits per heavy atom. The highest BCUT2D eigenvalue weighted by Gasteiger charge is 2.26. The average Bonchev–Trinajstić information content (AvgIpc) is 3.16. The Morgan fingerprint density at radius 2 is 1.59 bits per heavy atom. The molecule has 22 heavy (non-hydrogen) atoms. The van der Waals surface area contributed by atoms with Crippen molar-refractivity contribution in [1.82, 2.24) is 4.98 Å². The predicted octanol–water partition coefficient (Wildman–Crippen LogP) is 3.67. The fourth-order valence-electron chi connectivity index (χ4n) is 3.46. The molecule has 0 atom stereocenters. The number of nitrogens with zero attached hydrogens (tertiary/aromatic N) is 1. The zero-order valence-corrected chi connectivity index (χ0v) is 12.4. The Hall–Kier alpha value is -2.36. The molecule has 1 aromatic carbocycles. The molecule has 1 amide bonds. The maximum absolute atomic E-state index is 12.2. The molecule has 1 aromatic heterocycles. The van der Waals surface area contributed by atoms with E-state index in [0.29, 0.717) is 5.75 Å². The monoisotopic (exact) mass is 294 g/mol. The zero-order valence-electron chi connectivity index (χ0n) is 12.4. The van der Waals surface area contributed by atoms with Crippen LogP contribution in [0, 0.1) is 0 Å². The molecular weight excluding hydrogens is 276 g/mol. The van der Waals surface area contributed by atoms with Gasteiger partial charge in [0.25, 0.3) is 0 Å². The smallest absolute Gasteiger partial charge is 0.410 e. The molecule has 1 heterocycles. The lowest BCUT2D eigenvalue weighted by molar-refractivity contribution is 0.215. The molecule has 2 aromatic rings. The number of nitrogens with one attached hydrogen (secondary N) is 1. The van der Waals surface area contributed by atoms with E-state index in [1.54, 1.807) is 12.1 Å². The van der Waals surface area contributed by atoms with Gasteiger partial charge in [0, 0.05) is 11.4 Å². The van der Waals surface area contributed by atoms with Gasteiger partial charge in [-0.1, -0.05) is 18.2 Å². The van der Waals surface area contributed by atoms with Crippen molar-refractivity contribution >= 4 is 11.8 Å². The molecule has 0 fully saturated rings. The number of pyridine rings is 1. The second kappa shape index (κ2) is 5.44. The molecule has 0 saturated heterocycles. The first kappa shape index (κ1) is 13.3.